The Hall–Kier alpha value is -3.69. The van der Waals surface area contributed by atoms with Gasteiger partial charge in [-0.1, -0.05) is 24.3 Å². The second-order valence-corrected chi connectivity index (χ2v) is 12.0. The van der Waals surface area contributed by atoms with E-state index in [1.807, 2.05) is 59.2 Å². The van der Waals surface area contributed by atoms with Crippen LogP contribution >= 0.6 is 11.3 Å². The van der Waals surface area contributed by atoms with E-state index in [1.165, 1.54) is 17.6 Å². The number of nitrogens with one attached hydrogen (secondary N) is 1. The molecule has 3 aromatic heterocycles. The minimum absolute atomic E-state index is 0.112. The van der Waals surface area contributed by atoms with Crippen LogP contribution in [0, 0.1) is 6.92 Å². The molecule has 1 aliphatic rings. The molecule has 7 nitrogen and oxygen atoms in total. The molecule has 35 heavy (non-hydrogen) atoms. The van der Waals surface area contributed by atoms with Crippen molar-refractivity contribution in [2.24, 2.45) is 0 Å². The lowest BCUT2D eigenvalue weighted by molar-refractivity contribution is 0.0987. The maximum absolute atomic E-state index is 14.0. The van der Waals surface area contributed by atoms with Gasteiger partial charge in [-0.25, -0.2) is 8.42 Å². The van der Waals surface area contributed by atoms with Crippen LogP contribution in [0.3, 0.4) is 0 Å². The van der Waals surface area contributed by atoms with Crippen LogP contribution in [0.1, 0.15) is 27.2 Å². The monoisotopic (exact) mass is 503 g/mol. The lowest BCUT2D eigenvalue weighted by Gasteiger charge is -2.23. The van der Waals surface area contributed by atoms with Gasteiger partial charge >= 0.3 is 0 Å². The highest BCUT2D eigenvalue weighted by atomic mass is 32.2. The Labute approximate surface area is 205 Å². The van der Waals surface area contributed by atoms with E-state index in [9.17, 15) is 18.0 Å². The van der Waals surface area contributed by atoms with Gasteiger partial charge in [0.1, 0.15) is 5.52 Å². The van der Waals surface area contributed by atoms with Crippen molar-refractivity contribution in [1.82, 2.24) is 9.38 Å². The van der Waals surface area contributed by atoms with Crippen molar-refractivity contribution in [1.29, 1.82) is 0 Å². The first-order valence-electron chi connectivity index (χ1n) is 11.0. The van der Waals surface area contributed by atoms with Gasteiger partial charge in [-0.3, -0.25) is 9.59 Å². The topological polar surface area (TPSA) is 91.7 Å². The molecule has 0 spiro atoms. The first-order chi connectivity index (χ1) is 16.7. The largest absolute Gasteiger partial charge is 0.325 e. The third-order valence-corrected chi connectivity index (χ3v) is 8.22. The summed E-state index contributed by atoms with van der Waals surface area (Å²) in [4.78, 5) is 31.2. The van der Waals surface area contributed by atoms with Crippen molar-refractivity contribution in [3.8, 4) is 11.3 Å². The Kier molecular flexibility index (Phi) is 4.77. The maximum atomic E-state index is 14.0. The SMILES string of the molecule is Cc1cc2n3c(c[nH]c(=O)c13)CN(C(=O)c1csc3ccccc13)c1ccc(CS(C)(=O)=O)cc1-2. The zero-order valence-corrected chi connectivity index (χ0v) is 20.7. The van der Waals surface area contributed by atoms with Crippen LogP contribution in [0.25, 0.3) is 26.9 Å². The Balaban J connectivity index is 1.61. The number of fused-ring (bicyclic) bond motifs is 3. The molecular formula is C26H21N3O4S2. The normalized spacial score (nSPS) is 13.3. The number of nitrogens with zero attached hydrogens (tertiary/aromatic N) is 2. The number of benzene rings is 2. The van der Waals surface area contributed by atoms with Crippen LogP contribution < -0.4 is 10.5 Å². The Morgan fingerprint density at radius 3 is 2.74 bits per heavy atom. The lowest BCUT2D eigenvalue weighted by atomic mass is 10.0. The van der Waals surface area contributed by atoms with Gasteiger partial charge in [0.25, 0.3) is 11.5 Å². The molecule has 1 aliphatic heterocycles. The van der Waals surface area contributed by atoms with Crippen molar-refractivity contribution >= 4 is 48.4 Å². The maximum Gasteiger partial charge on any atom is 0.272 e. The highest BCUT2D eigenvalue weighted by Gasteiger charge is 2.29. The molecule has 2 aromatic carbocycles. The molecule has 0 saturated heterocycles. The number of carbonyl (C=O) groups excluding carboxylic acids is 1. The number of hydrogen-bond acceptors (Lipinski definition) is 5. The van der Waals surface area contributed by atoms with E-state index in [-0.39, 0.29) is 23.8 Å². The van der Waals surface area contributed by atoms with E-state index in [4.69, 9.17) is 0 Å². The molecule has 4 heterocycles. The summed E-state index contributed by atoms with van der Waals surface area (Å²) in [6, 6.07) is 15.1. The van der Waals surface area contributed by atoms with Gasteiger partial charge in [0.05, 0.1) is 34.9 Å². The van der Waals surface area contributed by atoms with Gasteiger partial charge < -0.3 is 14.3 Å². The van der Waals surface area contributed by atoms with Gasteiger partial charge in [-0.15, -0.1) is 11.3 Å². The van der Waals surface area contributed by atoms with Crippen LogP contribution in [-0.4, -0.2) is 30.0 Å². The van der Waals surface area contributed by atoms with E-state index in [2.05, 4.69) is 4.98 Å². The third kappa shape index (κ3) is 3.50. The third-order valence-electron chi connectivity index (χ3n) is 6.40. The van der Waals surface area contributed by atoms with Gasteiger partial charge in [0, 0.05) is 33.5 Å². The second-order valence-electron chi connectivity index (χ2n) is 8.96. The molecule has 1 N–H and O–H groups in total. The smallest absolute Gasteiger partial charge is 0.272 e. The number of aryl methyl sites for hydroxylation is 1. The van der Waals surface area contributed by atoms with Crippen molar-refractivity contribution in [2.75, 3.05) is 11.2 Å². The van der Waals surface area contributed by atoms with Crippen molar-refractivity contribution in [3.05, 3.63) is 92.8 Å². The van der Waals surface area contributed by atoms with Crippen LogP contribution in [0.5, 0.6) is 0 Å². The van der Waals surface area contributed by atoms with Crippen LogP contribution in [0.2, 0.25) is 0 Å². The first-order valence-corrected chi connectivity index (χ1v) is 14.0. The van der Waals surface area contributed by atoms with Gasteiger partial charge in [-0.2, -0.15) is 0 Å². The van der Waals surface area contributed by atoms with E-state index in [0.717, 1.165) is 27.0 Å². The van der Waals surface area contributed by atoms with Crippen LogP contribution in [0.15, 0.2) is 64.9 Å². The number of amides is 1. The molecule has 5 aromatic rings. The number of aromatic nitrogens is 2. The summed E-state index contributed by atoms with van der Waals surface area (Å²) in [5.41, 5.74) is 5.26. The summed E-state index contributed by atoms with van der Waals surface area (Å²) < 4.78 is 26.9. The van der Waals surface area contributed by atoms with Crippen molar-refractivity contribution in [3.63, 3.8) is 0 Å². The summed E-state index contributed by atoms with van der Waals surface area (Å²) in [5, 5.41) is 2.77. The minimum Gasteiger partial charge on any atom is -0.325 e. The number of aromatic amines is 1. The summed E-state index contributed by atoms with van der Waals surface area (Å²) in [6.45, 7) is 2.12. The number of sulfone groups is 1. The molecule has 0 fully saturated rings. The highest BCUT2D eigenvalue weighted by molar-refractivity contribution is 7.89. The molecule has 0 atom stereocenters. The molecular weight excluding hydrogens is 482 g/mol. The molecule has 176 valence electrons. The summed E-state index contributed by atoms with van der Waals surface area (Å²) >= 11 is 1.52. The van der Waals surface area contributed by atoms with Crippen LogP contribution in [0.4, 0.5) is 5.69 Å². The number of anilines is 1. The van der Waals surface area contributed by atoms with Gasteiger partial charge in [-0.05, 0) is 42.3 Å². The fourth-order valence-electron chi connectivity index (χ4n) is 4.94. The van der Waals surface area contributed by atoms with E-state index in [1.54, 1.807) is 17.2 Å². The Bertz CT molecular complexity index is 1840. The molecule has 1 amide bonds. The number of hydrogen-bond donors (Lipinski definition) is 1. The predicted octanol–water partition coefficient (Wildman–Crippen LogP) is 4.52. The Morgan fingerprint density at radius 1 is 1.14 bits per heavy atom. The van der Waals surface area contributed by atoms with Gasteiger partial charge in [0.2, 0.25) is 0 Å². The summed E-state index contributed by atoms with van der Waals surface area (Å²) in [5.74, 6) is -0.263. The molecule has 9 heteroatoms. The molecule has 0 aliphatic carbocycles. The second kappa shape index (κ2) is 7.66. The minimum atomic E-state index is -3.26. The fraction of sp³-hybridized carbons (Fsp3) is 0.154. The van der Waals surface area contributed by atoms with Crippen molar-refractivity contribution < 1.29 is 13.2 Å². The number of carbonyl (C=O) groups is 1. The van der Waals surface area contributed by atoms with Gasteiger partial charge in [0.15, 0.2) is 9.84 Å². The number of thiophene rings is 1. The highest BCUT2D eigenvalue weighted by Crippen LogP contribution is 2.39. The lowest BCUT2D eigenvalue weighted by Crippen LogP contribution is -2.31. The molecule has 0 radical (unpaired) electrons. The van der Waals surface area contributed by atoms with Crippen LogP contribution in [-0.2, 0) is 22.1 Å². The molecule has 0 unspecified atom stereocenters. The molecule has 6 rings (SSSR count). The quantitative estimate of drug-likeness (QED) is 0.392. The fourth-order valence-corrected chi connectivity index (χ4v) is 6.66. The zero-order valence-electron chi connectivity index (χ0n) is 19.0. The summed E-state index contributed by atoms with van der Waals surface area (Å²) in [7, 11) is -3.26. The molecule has 0 bridgehead atoms. The van der Waals surface area contributed by atoms with Crippen molar-refractivity contribution in [2.45, 2.75) is 19.2 Å². The molecule has 0 saturated carbocycles. The zero-order chi connectivity index (χ0) is 24.5. The standard InChI is InChI=1S/C26H21N3O4S2/c1-15-9-22-19-10-16(14-35(2,32)33)7-8-21(19)28(12-17-11-27-25(30)24(15)29(17)22)26(31)20-13-34-23-6-4-3-5-18(20)23/h3-11,13H,12,14H2,1-2H3,(H,27,30). The number of H-pyrrole nitrogens is 1. The van der Waals surface area contributed by atoms with E-state index >= 15 is 0 Å². The number of rotatable bonds is 3. The average Bonchev–Trinajstić information content (AvgIpc) is 3.36. The predicted molar refractivity (Wildman–Crippen MR) is 139 cm³/mol. The first kappa shape index (κ1) is 21.8. The Morgan fingerprint density at radius 2 is 1.94 bits per heavy atom. The average molecular weight is 504 g/mol. The van der Waals surface area contributed by atoms with E-state index < -0.39 is 9.84 Å². The van der Waals surface area contributed by atoms with E-state index in [0.29, 0.717) is 27.9 Å². The summed E-state index contributed by atoms with van der Waals surface area (Å²) in [6.07, 6.45) is 2.85.